The Hall–Kier alpha value is -1.81. The topological polar surface area (TPSA) is 54.1 Å². The van der Waals surface area contributed by atoms with Gasteiger partial charge in [0.15, 0.2) is 0 Å². The van der Waals surface area contributed by atoms with Gasteiger partial charge >= 0.3 is 0 Å². The summed E-state index contributed by atoms with van der Waals surface area (Å²) < 4.78 is 4.93. The van der Waals surface area contributed by atoms with Gasteiger partial charge in [-0.1, -0.05) is 12.1 Å². The van der Waals surface area contributed by atoms with Gasteiger partial charge < -0.3 is 15.0 Å². The van der Waals surface area contributed by atoms with E-state index in [1.807, 2.05) is 30.5 Å². The lowest BCUT2D eigenvalue weighted by atomic mass is 10.1. The molecule has 0 bridgehead atoms. The third-order valence-corrected chi connectivity index (χ3v) is 2.83. The molecule has 0 fully saturated rings. The van der Waals surface area contributed by atoms with Crippen LogP contribution in [0.5, 0.6) is 0 Å². The van der Waals surface area contributed by atoms with E-state index in [1.165, 1.54) is 5.39 Å². The number of carbonyl (C=O) groups excluding carboxylic acids is 1. The lowest BCUT2D eigenvalue weighted by Crippen LogP contribution is -2.26. The molecule has 0 saturated carbocycles. The minimum absolute atomic E-state index is 0.0528. The maximum atomic E-state index is 11.7. The zero-order valence-electron chi connectivity index (χ0n) is 10.5. The molecule has 2 rings (SSSR count). The molecule has 18 heavy (non-hydrogen) atoms. The van der Waals surface area contributed by atoms with Crippen LogP contribution in [0, 0.1) is 0 Å². The van der Waals surface area contributed by atoms with Crippen LogP contribution in [0.2, 0.25) is 0 Å². The van der Waals surface area contributed by atoms with E-state index in [0.717, 1.165) is 17.5 Å². The number of aromatic nitrogens is 1. The highest BCUT2D eigenvalue weighted by Crippen LogP contribution is 2.14. The predicted octanol–water partition coefficient (Wildman–Crippen LogP) is 1.86. The summed E-state index contributed by atoms with van der Waals surface area (Å²) in [6.07, 6.45) is 3.17. The van der Waals surface area contributed by atoms with Crippen LogP contribution >= 0.6 is 0 Å². The molecule has 4 nitrogen and oxygen atoms in total. The van der Waals surface area contributed by atoms with E-state index >= 15 is 0 Å². The van der Waals surface area contributed by atoms with Gasteiger partial charge in [0.1, 0.15) is 0 Å². The molecule has 1 amide bonds. The minimum Gasteiger partial charge on any atom is -0.385 e. The van der Waals surface area contributed by atoms with Gasteiger partial charge in [-0.15, -0.1) is 0 Å². The summed E-state index contributed by atoms with van der Waals surface area (Å²) >= 11 is 0. The van der Waals surface area contributed by atoms with Crippen molar-refractivity contribution in [3.63, 3.8) is 0 Å². The van der Waals surface area contributed by atoms with Gasteiger partial charge in [-0.3, -0.25) is 4.79 Å². The molecule has 4 heteroatoms. The maximum absolute atomic E-state index is 11.7. The summed E-state index contributed by atoms with van der Waals surface area (Å²) in [5, 5.41) is 4.04. The molecule has 0 aliphatic heterocycles. The number of carbonyl (C=O) groups is 1. The monoisotopic (exact) mass is 246 g/mol. The average molecular weight is 246 g/mol. The molecule has 2 N–H and O–H groups in total. The molecular weight excluding hydrogens is 228 g/mol. The number of fused-ring (bicyclic) bond motifs is 1. The fraction of sp³-hybridized carbons (Fsp3) is 0.357. The molecule has 0 radical (unpaired) electrons. The van der Waals surface area contributed by atoms with E-state index in [1.54, 1.807) is 7.11 Å². The molecule has 1 heterocycles. The van der Waals surface area contributed by atoms with E-state index in [9.17, 15) is 4.79 Å². The SMILES string of the molecule is COCCCNC(=O)Cc1ccc2cc[nH]c2c1. The van der Waals surface area contributed by atoms with Gasteiger partial charge in [-0.2, -0.15) is 0 Å². The van der Waals surface area contributed by atoms with Crippen molar-refractivity contribution in [2.45, 2.75) is 12.8 Å². The molecule has 1 aromatic carbocycles. The third-order valence-electron chi connectivity index (χ3n) is 2.83. The molecule has 96 valence electrons. The summed E-state index contributed by atoms with van der Waals surface area (Å²) in [5.41, 5.74) is 2.09. The van der Waals surface area contributed by atoms with Gasteiger partial charge in [0.05, 0.1) is 6.42 Å². The first-order chi connectivity index (χ1) is 8.79. The number of methoxy groups -OCH3 is 1. The Morgan fingerprint density at radius 3 is 3.11 bits per heavy atom. The number of nitrogens with one attached hydrogen (secondary N) is 2. The van der Waals surface area contributed by atoms with Gasteiger partial charge in [-0.05, 0) is 29.5 Å². The minimum atomic E-state index is 0.0528. The van der Waals surface area contributed by atoms with Crippen LogP contribution in [0.3, 0.4) is 0 Å². The molecule has 0 atom stereocenters. The Labute approximate surface area is 106 Å². The highest BCUT2D eigenvalue weighted by Gasteiger charge is 2.04. The molecule has 0 aliphatic rings. The van der Waals surface area contributed by atoms with Crippen molar-refractivity contribution in [1.82, 2.24) is 10.3 Å². The average Bonchev–Trinajstić information content (AvgIpc) is 2.82. The summed E-state index contributed by atoms with van der Waals surface area (Å²) in [7, 11) is 1.66. The Balaban J connectivity index is 1.86. The number of ether oxygens (including phenoxy) is 1. The molecule has 0 spiro atoms. The van der Waals surface area contributed by atoms with E-state index < -0.39 is 0 Å². The Kier molecular flexibility index (Phi) is 4.36. The van der Waals surface area contributed by atoms with Crippen LogP contribution in [0.15, 0.2) is 30.5 Å². The van der Waals surface area contributed by atoms with Crippen LogP contribution in [-0.4, -0.2) is 31.2 Å². The summed E-state index contributed by atoms with van der Waals surface area (Å²) in [6, 6.07) is 8.05. The van der Waals surface area contributed by atoms with Crippen molar-refractivity contribution >= 4 is 16.8 Å². The standard InChI is InChI=1S/C14H18N2O2/c1-18-8-2-6-16-14(17)10-11-3-4-12-5-7-15-13(12)9-11/h3-5,7,9,15H,2,6,8,10H2,1H3,(H,16,17). The van der Waals surface area contributed by atoms with Crippen molar-refractivity contribution in [1.29, 1.82) is 0 Å². The fourth-order valence-electron chi connectivity index (χ4n) is 1.90. The fourth-order valence-corrected chi connectivity index (χ4v) is 1.90. The largest absolute Gasteiger partial charge is 0.385 e. The zero-order valence-corrected chi connectivity index (χ0v) is 10.5. The van der Waals surface area contributed by atoms with Crippen molar-refractivity contribution in [3.8, 4) is 0 Å². The van der Waals surface area contributed by atoms with Crippen molar-refractivity contribution in [2.24, 2.45) is 0 Å². The van der Waals surface area contributed by atoms with Gasteiger partial charge in [0, 0.05) is 32.0 Å². The van der Waals surface area contributed by atoms with Crippen LogP contribution in [-0.2, 0) is 16.0 Å². The number of amides is 1. The third kappa shape index (κ3) is 3.34. The van der Waals surface area contributed by atoms with Gasteiger partial charge in [-0.25, -0.2) is 0 Å². The number of H-pyrrole nitrogens is 1. The number of hydrogen-bond donors (Lipinski definition) is 2. The second-order valence-corrected chi connectivity index (χ2v) is 4.27. The highest BCUT2D eigenvalue weighted by atomic mass is 16.5. The molecule has 0 saturated heterocycles. The second-order valence-electron chi connectivity index (χ2n) is 4.27. The first-order valence-corrected chi connectivity index (χ1v) is 6.11. The second kappa shape index (κ2) is 6.21. The first kappa shape index (κ1) is 12.6. The maximum Gasteiger partial charge on any atom is 0.224 e. The van der Waals surface area contributed by atoms with E-state index in [0.29, 0.717) is 19.6 Å². The summed E-state index contributed by atoms with van der Waals surface area (Å²) in [6.45, 7) is 1.34. The molecular formula is C14H18N2O2. The predicted molar refractivity (Wildman–Crippen MR) is 71.5 cm³/mol. The Bertz CT molecular complexity index is 519. The van der Waals surface area contributed by atoms with Gasteiger partial charge in [0.2, 0.25) is 5.91 Å². The van der Waals surface area contributed by atoms with Crippen molar-refractivity contribution < 1.29 is 9.53 Å². The molecule has 1 aromatic heterocycles. The van der Waals surface area contributed by atoms with E-state index in [4.69, 9.17) is 4.74 Å². The Morgan fingerprint density at radius 1 is 1.39 bits per heavy atom. The van der Waals surface area contributed by atoms with Crippen molar-refractivity contribution in [3.05, 3.63) is 36.0 Å². The lowest BCUT2D eigenvalue weighted by molar-refractivity contribution is -0.120. The highest BCUT2D eigenvalue weighted by molar-refractivity contribution is 5.83. The number of benzene rings is 1. The molecule has 0 unspecified atom stereocenters. The smallest absolute Gasteiger partial charge is 0.224 e. The van der Waals surface area contributed by atoms with Gasteiger partial charge in [0.25, 0.3) is 0 Å². The Morgan fingerprint density at radius 2 is 2.28 bits per heavy atom. The molecule has 0 aliphatic carbocycles. The normalized spacial score (nSPS) is 10.7. The van der Waals surface area contributed by atoms with Crippen LogP contribution in [0.25, 0.3) is 10.9 Å². The van der Waals surface area contributed by atoms with E-state index in [-0.39, 0.29) is 5.91 Å². The number of hydrogen-bond acceptors (Lipinski definition) is 2. The first-order valence-electron chi connectivity index (χ1n) is 6.11. The number of rotatable bonds is 6. The van der Waals surface area contributed by atoms with Crippen molar-refractivity contribution in [2.75, 3.05) is 20.3 Å². The quantitative estimate of drug-likeness (QED) is 0.764. The summed E-state index contributed by atoms with van der Waals surface area (Å²) in [5.74, 6) is 0.0528. The van der Waals surface area contributed by atoms with E-state index in [2.05, 4.69) is 10.3 Å². The molecule has 2 aromatic rings. The number of aromatic amines is 1. The summed E-state index contributed by atoms with van der Waals surface area (Å²) in [4.78, 5) is 14.8. The zero-order chi connectivity index (χ0) is 12.8. The van der Waals surface area contributed by atoms with Crippen LogP contribution < -0.4 is 5.32 Å². The van der Waals surface area contributed by atoms with Crippen LogP contribution in [0.4, 0.5) is 0 Å². The lowest BCUT2D eigenvalue weighted by Gasteiger charge is -2.05. The van der Waals surface area contributed by atoms with Crippen LogP contribution in [0.1, 0.15) is 12.0 Å².